The molecule has 0 fully saturated rings. The Bertz CT molecular complexity index is 407. The second-order valence-electron chi connectivity index (χ2n) is 3.92. The SMILES string of the molecule is N[C@@H](CS)C(=O)NCC(=O)N[C@@H](CS)C(=O)NCC(=O)O. The Labute approximate surface area is 132 Å². The van der Waals surface area contributed by atoms with E-state index in [9.17, 15) is 19.2 Å². The van der Waals surface area contributed by atoms with Crippen LogP contribution in [0.25, 0.3) is 0 Å². The van der Waals surface area contributed by atoms with Gasteiger partial charge in [-0.2, -0.15) is 25.3 Å². The fraction of sp³-hybridized carbons (Fsp3) is 0.600. The quantitative estimate of drug-likeness (QED) is 0.222. The van der Waals surface area contributed by atoms with Crippen LogP contribution in [0, 0.1) is 0 Å². The van der Waals surface area contributed by atoms with E-state index in [4.69, 9.17) is 10.8 Å². The molecule has 11 heteroatoms. The van der Waals surface area contributed by atoms with E-state index in [0.717, 1.165) is 0 Å². The molecule has 0 unspecified atom stereocenters. The van der Waals surface area contributed by atoms with Gasteiger partial charge in [0.25, 0.3) is 0 Å². The smallest absolute Gasteiger partial charge is 0.322 e. The molecule has 21 heavy (non-hydrogen) atoms. The summed E-state index contributed by atoms with van der Waals surface area (Å²) in [5.74, 6) is -2.96. The molecule has 2 atom stereocenters. The van der Waals surface area contributed by atoms with Gasteiger partial charge in [0.15, 0.2) is 0 Å². The average Bonchev–Trinajstić information content (AvgIpc) is 2.46. The number of carboxylic acid groups (broad SMARTS) is 1. The van der Waals surface area contributed by atoms with Gasteiger partial charge in [0.05, 0.1) is 12.6 Å². The molecule has 0 saturated carbocycles. The highest BCUT2D eigenvalue weighted by atomic mass is 32.1. The van der Waals surface area contributed by atoms with Gasteiger partial charge in [-0.05, 0) is 0 Å². The Hall–Kier alpha value is -1.46. The summed E-state index contributed by atoms with van der Waals surface area (Å²) in [6.07, 6.45) is 0. The molecule has 0 aliphatic rings. The molecule has 3 amide bonds. The molecule has 6 N–H and O–H groups in total. The number of rotatable bonds is 9. The lowest BCUT2D eigenvalue weighted by Crippen LogP contribution is -2.52. The van der Waals surface area contributed by atoms with E-state index in [-0.39, 0.29) is 18.1 Å². The summed E-state index contributed by atoms with van der Waals surface area (Å²) in [5, 5.41) is 15.1. The summed E-state index contributed by atoms with van der Waals surface area (Å²) in [5.41, 5.74) is 5.39. The van der Waals surface area contributed by atoms with Crippen LogP contribution in [0.2, 0.25) is 0 Å². The fourth-order valence-corrected chi connectivity index (χ4v) is 1.53. The molecule has 0 bridgehead atoms. The number of carbonyl (C=O) groups excluding carboxylic acids is 3. The first-order chi connectivity index (χ1) is 9.81. The van der Waals surface area contributed by atoms with Crippen LogP contribution in [0.15, 0.2) is 0 Å². The number of nitrogens with one attached hydrogen (secondary N) is 3. The van der Waals surface area contributed by atoms with Gasteiger partial charge in [-0.15, -0.1) is 0 Å². The third-order valence-electron chi connectivity index (χ3n) is 2.20. The molecule has 9 nitrogen and oxygen atoms in total. The van der Waals surface area contributed by atoms with Gasteiger partial charge in [-0.25, -0.2) is 0 Å². The van der Waals surface area contributed by atoms with Crippen molar-refractivity contribution in [3.8, 4) is 0 Å². The van der Waals surface area contributed by atoms with Crippen LogP contribution in [-0.4, -0.2) is 65.5 Å². The summed E-state index contributed by atoms with van der Waals surface area (Å²) in [4.78, 5) is 44.7. The maximum absolute atomic E-state index is 11.6. The largest absolute Gasteiger partial charge is 0.480 e. The highest BCUT2D eigenvalue weighted by Gasteiger charge is 2.20. The highest BCUT2D eigenvalue weighted by Crippen LogP contribution is 1.89. The summed E-state index contributed by atoms with van der Waals surface area (Å²) < 4.78 is 0. The topological polar surface area (TPSA) is 151 Å². The van der Waals surface area contributed by atoms with E-state index >= 15 is 0 Å². The third kappa shape index (κ3) is 8.42. The number of amides is 3. The number of carboxylic acids is 1. The molecule has 120 valence electrons. The van der Waals surface area contributed by atoms with E-state index in [1.807, 2.05) is 0 Å². The number of nitrogens with two attached hydrogens (primary N) is 1. The average molecular weight is 338 g/mol. The zero-order chi connectivity index (χ0) is 16.4. The van der Waals surface area contributed by atoms with Crippen LogP contribution in [0.1, 0.15) is 0 Å². The zero-order valence-electron chi connectivity index (χ0n) is 11.0. The van der Waals surface area contributed by atoms with Crippen molar-refractivity contribution < 1.29 is 24.3 Å². The third-order valence-corrected chi connectivity index (χ3v) is 2.96. The van der Waals surface area contributed by atoms with E-state index in [1.165, 1.54) is 0 Å². The Balaban J connectivity index is 4.23. The van der Waals surface area contributed by atoms with Crippen LogP contribution in [0.5, 0.6) is 0 Å². The standard InChI is InChI=1S/C10H18N4O5S2/c11-5(3-20)9(18)12-1-7(15)14-6(4-21)10(19)13-2-8(16)17/h5-6,20-21H,1-4,11H2,(H,12,18)(H,13,19)(H,14,15)(H,16,17)/t5-,6-/m0/s1. The predicted octanol–water partition coefficient (Wildman–Crippen LogP) is -3.02. The van der Waals surface area contributed by atoms with Crippen LogP contribution in [0.4, 0.5) is 0 Å². The number of thiol groups is 2. The lowest BCUT2D eigenvalue weighted by atomic mass is 10.3. The summed E-state index contributed by atoms with van der Waals surface area (Å²) in [6, 6.07) is -1.84. The summed E-state index contributed by atoms with van der Waals surface area (Å²) in [6.45, 7) is -0.927. The van der Waals surface area contributed by atoms with Crippen LogP contribution < -0.4 is 21.7 Å². The maximum atomic E-state index is 11.6. The van der Waals surface area contributed by atoms with Crippen LogP contribution in [-0.2, 0) is 19.2 Å². The molecule has 0 radical (unpaired) electrons. The molecule has 0 aliphatic carbocycles. The fourth-order valence-electron chi connectivity index (χ4n) is 1.11. The molecule has 0 aliphatic heterocycles. The van der Waals surface area contributed by atoms with Crippen molar-refractivity contribution in [2.75, 3.05) is 24.6 Å². The second-order valence-corrected chi connectivity index (χ2v) is 4.65. The predicted molar refractivity (Wildman–Crippen MR) is 81.3 cm³/mol. The van der Waals surface area contributed by atoms with E-state index in [0.29, 0.717) is 0 Å². The highest BCUT2D eigenvalue weighted by molar-refractivity contribution is 7.80. The first kappa shape index (κ1) is 19.5. The monoisotopic (exact) mass is 338 g/mol. The van der Waals surface area contributed by atoms with E-state index in [1.54, 1.807) is 0 Å². The molecule has 0 aromatic carbocycles. The molecule has 0 heterocycles. The molecular formula is C10H18N4O5S2. The van der Waals surface area contributed by atoms with Gasteiger partial charge >= 0.3 is 5.97 Å². The van der Waals surface area contributed by atoms with E-state index in [2.05, 4.69) is 41.2 Å². The van der Waals surface area contributed by atoms with Crippen molar-refractivity contribution in [3.05, 3.63) is 0 Å². The minimum atomic E-state index is -1.21. The van der Waals surface area contributed by atoms with Gasteiger partial charge in [0.1, 0.15) is 12.6 Å². The number of hydrogen-bond donors (Lipinski definition) is 7. The van der Waals surface area contributed by atoms with Gasteiger partial charge in [0.2, 0.25) is 17.7 Å². The van der Waals surface area contributed by atoms with Crippen molar-refractivity contribution >= 4 is 48.9 Å². The molecule has 0 aromatic heterocycles. The van der Waals surface area contributed by atoms with Crippen LogP contribution >= 0.6 is 25.3 Å². The Morgan fingerprint density at radius 2 is 1.57 bits per heavy atom. The minimum absolute atomic E-state index is 0.0265. The first-order valence-corrected chi connectivity index (χ1v) is 7.12. The molecule has 0 spiro atoms. The van der Waals surface area contributed by atoms with Crippen LogP contribution in [0.3, 0.4) is 0 Å². The van der Waals surface area contributed by atoms with Crippen molar-refractivity contribution in [1.82, 2.24) is 16.0 Å². The summed E-state index contributed by atoms with van der Waals surface area (Å²) in [7, 11) is 0. The normalized spacial score (nSPS) is 12.9. The number of carbonyl (C=O) groups is 4. The van der Waals surface area contributed by atoms with Crippen molar-refractivity contribution in [1.29, 1.82) is 0 Å². The first-order valence-electron chi connectivity index (χ1n) is 5.85. The lowest BCUT2D eigenvalue weighted by Gasteiger charge is -2.16. The Morgan fingerprint density at radius 3 is 2.05 bits per heavy atom. The van der Waals surface area contributed by atoms with Gasteiger partial charge in [-0.3, -0.25) is 19.2 Å². The van der Waals surface area contributed by atoms with Crippen molar-refractivity contribution in [2.24, 2.45) is 5.73 Å². The Kier molecular flexibility index (Phi) is 9.58. The maximum Gasteiger partial charge on any atom is 0.322 e. The van der Waals surface area contributed by atoms with Crippen molar-refractivity contribution in [3.63, 3.8) is 0 Å². The van der Waals surface area contributed by atoms with E-state index < -0.39 is 42.3 Å². The number of hydrogen-bond acceptors (Lipinski definition) is 7. The van der Waals surface area contributed by atoms with Gasteiger partial charge in [0, 0.05) is 11.5 Å². The molecule has 0 aromatic rings. The summed E-state index contributed by atoms with van der Waals surface area (Å²) >= 11 is 7.73. The van der Waals surface area contributed by atoms with Gasteiger partial charge < -0.3 is 26.8 Å². The number of aliphatic carboxylic acids is 1. The van der Waals surface area contributed by atoms with Crippen molar-refractivity contribution in [2.45, 2.75) is 12.1 Å². The Morgan fingerprint density at radius 1 is 1.00 bits per heavy atom. The minimum Gasteiger partial charge on any atom is -0.480 e. The second kappa shape index (κ2) is 10.3. The zero-order valence-corrected chi connectivity index (χ0v) is 12.8. The molecule has 0 saturated heterocycles. The lowest BCUT2D eigenvalue weighted by molar-refractivity contribution is -0.138. The van der Waals surface area contributed by atoms with Gasteiger partial charge in [-0.1, -0.05) is 0 Å². The molecule has 0 rings (SSSR count). The molecular weight excluding hydrogens is 320 g/mol.